The molecule has 11 heavy (non-hydrogen) atoms. The van der Waals surface area contributed by atoms with Gasteiger partial charge in [0, 0.05) is 12.1 Å². The van der Waals surface area contributed by atoms with Crippen molar-refractivity contribution in [2.75, 3.05) is 7.11 Å². The number of hydrogen-bond acceptors (Lipinski definition) is 3. The molecule has 0 aliphatic carbocycles. The van der Waals surface area contributed by atoms with E-state index in [0.717, 1.165) is 0 Å². The van der Waals surface area contributed by atoms with Gasteiger partial charge in [0.25, 0.3) is 0 Å². The highest BCUT2D eigenvalue weighted by Crippen LogP contribution is 2.36. The van der Waals surface area contributed by atoms with E-state index < -0.39 is 0 Å². The number of phenols is 2. The summed E-state index contributed by atoms with van der Waals surface area (Å²) >= 11 is 3.09. The SMILES string of the molecule is COc1cc(O)cc(O)c1Br. The molecular weight excluding hydrogens is 212 g/mol. The second kappa shape index (κ2) is 3.00. The van der Waals surface area contributed by atoms with E-state index in [1.807, 2.05) is 0 Å². The Labute approximate surface area is 72.4 Å². The van der Waals surface area contributed by atoms with E-state index in [0.29, 0.717) is 10.2 Å². The van der Waals surface area contributed by atoms with E-state index in [1.54, 1.807) is 0 Å². The lowest BCUT2D eigenvalue weighted by atomic mass is 10.3. The average Bonchev–Trinajstić information content (AvgIpc) is 1.96. The van der Waals surface area contributed by atoms with Gasteiger partial charge in [0.1, 0.15) is 21.7 Å². The van der Waals surface area contributed by atoms with Gasteiger partial charge in [-0.25, -0.2) is 0 Å². The smallest absolute Gasteiger partial charge is 0.140 e. The van der Waals surface area contributed by atoms with Gasteiger partial charge in [0.2, 0.25) is 0 Å². The normalized spacial score (nSPS) is 9.64. The second-order valence-electron chi connectivity index (χ2n) is 1.98. The lowest BCUT2D eigenvalue weighted by Gasteiger charge is -2.04. The Morgan fingerprint density at radius 1 is 1.36 bits per heavy atom. The maximum absolute atomic E-state index is 9.13. The maximum Gasteiger partial charge on any atom is 0.140 e. The molecule has 0 saturated heterocycles. The molecule has 0 unspecified atom stereocenters. The fourth-order valence-electron chi connectivity index (χ4n) is 0.718. The maximum atomic E-state index is 9.13. The lowest BCUT2D eigenvalue weighted by Crippen LogP contribution is -1.83. The molecule has 0 aromatic heterocycles. The van der Waals surface area contributed by atoms with Crippen LogP contribution in [0.1, 0.15) is 0 Å². The van der Waals surface area contributed by atoms with Crippen molar-refractivity contribution in [3.8, 4) is 17.2 Å². The first-order chi connectivity index (χ1) is 5.15. The van der Waals surface area contributed by atoms with Crippen molar-refractivity contribution in [2.45, 2.75) is 0 Å². The van der Waals surface area contributed by atoms with E-state index in [2.05, 4.69) is 15.9 Å². The van der Waals surface area contributed by atoms with Gasteiger partial charge in [-0.05, 0) is 15.9 Å². The third kappa shape index (κ3) is 1.57. The zero-order valence-electron chi connectivity index (χ0n) is 5.84. The van der Waals surface area contributed by atoms with Crippen LogP contribution in [0.25, 0.3) is 0 Å². The molecule has 0 spiro atoms. The predicted molar refractivity (Wildman–Crippen MR) is 44.0 cm³/mol. The molecule has 1 rings (SSSR count). The summed E-state index contributed by atoms with van der Waals surface area (Å²) in [5, 5.41) is 18.1. The van der Waals surface area contributed by atoms with E-state index in [-0.39, 0.29) is 11.5 Å². The fraction of sp³-hybridized carbons (Fsp3) is 0.143. The molecule has 0 bridgehead atoms. The van der Waals surface area contributed by atoms with Crippen LogP contribution < -0.4 is 4.74 Å². The molecule has 2 N–H and O–H groups in total. The number of benzene rings is 1. The van der Waals surface area contributed by atoms with Crippen LogP contribution in [0.3, 0.4) is 0 Å². The second-order valence-corrected chi connectivity index (χ2v) is 2.77. The van der Waals surface area contributed by atoms with Crippen molar-refractivity contribution in [2.24, 2.45) is 0 Å². The first kappa shape index (κ1) is 8.20. The molecule has 60 valence electrons. The van der Waals surface area contributed by atoms with Crippen molar-refractivity contribution in [3.05, 3.63) is 16.6 Å². The first-order valence-electron chi connectivity index (χ1n) is 2.90. The predicted octanol–water partition coefficient (Wildman–Crippen LogP) is 1.87. The molecule has 0 atom stereocenters. The average molecular weight is 219 g/mol. The Morgan fingerprint density at radius 3 is 2.55 bits per heavy atom. The van der Waals surface area contributed by atoms with Crippen molar-refractivity contribution >= 4 is 15.9 Å². The summed E-state index contributed by atoms with van der Waals surface area (Å²) in [6, 6.07) is 2.64. The number of rotatable bonds is 1. The van der Waals surface area contributed by atoms with Crippen LogP contribution in [0.4, 0.5) is 0 Å². The van der Waals surface area contributed by atoms with Crippen molar-refractivity contribution in [1.29, 1.82) is 0 Å². The summed E-state index contributed by atoms with van der Waals surface area (Å²) in [6.45, 7) is 0. The zero-order chi connectivity index (χ0) is 8.43. The molecule has 3 nitrogen and oxygen atoms in total. The molecule has 0 fully saturated rings. The Morgan fingerprint density at radius 2 is 2.00 bits per heavy atom. The summed E-state index contributed by atoms with van der Waals surface area (Å²) in [5.41, 5.74) is 0. The quantitative estimate of drug-likeness (QED) is 0.757. The van der Waals surface area contributed by atoms with Crippen molar-refractivity contribution in [1.82, 2.24) is 0 Å². The number of aromatic hydroxyl groups is 2. The molecule has 0 radical (unpaired) electrons. The number of halogens is 1. The molecule has 0 aliphatic rings. The Bertz CT molecular complexity index is 273. The van der Waals surface area contributed by atoms with Crippen LogP contribution >= 0.6 is 15.9 Å². The van der Waals surface area contributed by atoms with Gasteiger partial charge >= 0.3 is 0 Å². The Hall–Kier alpha value is -0.900. The topological polar surface area (TPSA) is 49.7 Å². The minimum Gasteiger partial charge on any atom is -0.508 e. The van der Waals surface area contributed by atoms with Gasteiger partial charge in [-0.15, -0.1) is 0 Å². The van der Waals surface area contributed by atoms with E-state index >= 15 is 0 Å². The van der Waals surface area contributed by atoms with E-state index in [9.17, 15) is 0 Å². The fourth-order valence-corrected chi connectivity index (χ4v) is 1.11. The lowest BCUT2D eigenvalue weighted by molar-refractivity contribution is 0.394. The number of hydrogen-bond donors (Lipinski definition) is 2. The minimum atomic E-state index is -0.0400. The van der Waals surface area contributed by atoms with Crippen LogP contribution in [0.2, 0.25) is 0 Å². The zero-order valence-corrected chi connectivity index (χ0v) is 7.42. The summed E-state index contributed by atoms with van der Waals surface area (Å²) < 4.78 is 5.28. The molecule has 0 heterocycles. The van der Waals surface area contributed by atoms with Crippen LogP contribution in [0, 0.1) is 0 Å². The third-order valence-corrected chi connectivity index (χ3v) is 2.02. The molecular formula is C7H7BrO3. The standard InChI is InChI=1S/C7H7BrO3/c1-11-6-3-4(9)2-5(10)7(6)8/h2-3,9-10H,1H3. The largest absolute Gasteiger partial charge is 0.508 e. The van der Waals surface area contributed by atoms with E-state index in [1.165, 1.54) is 19.2 Å². The summed E-state index contributed by atoms with van der Waals surface area (Å²) in [5.74, 6) is 0.340. The Kier molecular flexibility index (Phi) is 2.24. The van der Waals surface area contributed by atoms with Crippen molar-refractivity contribution in [3.63, 3.8) is 0 Å². The van der Waals surface area contributed by atoms with Crippen LogP contribution in [0.5, 0.6) is 17.2 Å². The summed E-state index contributed by atoms with van der Waals surface area (Å²) in [6.07, 6.45) is 0. The van der Waals surface area contributed by atoms with Gasteiger partial charge in [0.15, 0.2) is 0 Å². The molecule has 0 aliphatic heterocycles. The van der Waals surface area contributed by atoms with Gasteiger partial charge in [-0.3, -0.25) is 0 Å². The number of ether oxygens (including phenoxy) is 1. The highest BCUT2D eigenvalue weighted by molar-refractivity contribution is 9.10. The number of methoxy groups -OCH3 is 1. The monoisotopic (exact) mass is 218 g/mol. The highest BCUT2D eigenvalue weighted by atomic mass is 79.9. The molecule has 1 aromatic carbocycles. The molecule has 4 heteroatoms. The molecule has 1 aromatic rings. The summed E-state index contributed by atoms with van der Waals surface area (Å²) in [7, 11) is 1.46. The van der Waals surface area contributed by atoms with E-state index in [4.69, 9.17) is 14.9 Å². The first-order valence-corrected chi connectivity index (χ1v) is 3.70. The van der Waals surface area contributed by atoms with Gasteiger partial charge in [0.05, 0.1) is 7.11 Å². The minimum absolute atomic E-state index is 0.0254. The molecule has 0 amide bonds. The highest BCUT2D eigenvalue weighted by Gasteiger charge is 2.06. The van der Waals surface area contributed by atoms with Crippen LogP contribution in [0.15, 0.2) is 16.6 Å². The van der Waals surface area contributed by atoms with Crippen LogP contribution in [-0.4, -0.2) is 17.3 Å². The number of phenolic OH excluding ortho intramolecular Hbond substituents is 2. The van der Waals surface area contributed by atoms with Gasteiger partial charge in [-0.1, -0.05) is 0 Å². The molecule has 0 saturated carbocycles. The van der Waals surface area contributed by atoms with Crippen molar-refractivity contribution < 1.29 is 14.9 Å². The van der Waals surface area contributed by atoms with Gasteiger partial charge < -0.3 is 14.9 Å². The van der Waals surface area contributed by atoms with Gasteiger partial charge in [-0.2, -0.15) is 0 Å². The summed E-state index contributed by atoms with van der Waals surface area (Å²) in [4.78, 5) is 0. The Balaban J connectivity index is 3.24. The van der Waals surface area contributed by atoms with Crippen LogP contribution in [-0.2, 0) is 0 Å². The third-order valence-electron chi connectivity index (χ3n) is 1.22.